The van der Waals surface area contributed by atoms with E-state index in [1.807, 2.05) is 0 Å². The Labute approximate surface area is 69.2 Å². The summed E-state index contributed by atoms with van der Waals surface area (Å²) in [4.78, 5) is 2.47. The van der Waals surface area contributed by atoms with E-state index < -0.39 is 0 Å². The predicted molar refractivity (Wildman–Crippen MR) is 45.1 cm³/mol. The molecule has 2 heteroatoms. The van der Waals surface area contributed by atoms with Crippen LogP contribution >= 0.6 is 0 Å². The molecule has 1 atom stereocenters. The monoisotopic (exact) mass is 156 g/mol. The van der Waals surface area contributed by atoms with Crippen LogP contribution in [0.3, 0.4) is 0 Å². The molecule has 0 spiro atoms. The van der Waals surface area contributed by atoms with Crippen LogP contribution in [0.15, 0.2) is 0 Å². The van der Waals surface area contributed by atoms with Crippen LogP contribution in [-0.2, 0) is 5.11 Å². The zero-order valence-electron chi connectivity index (χ0n) is 7.38. The second-order valence-corrected chi connectivity index (χ2v) is 3.30. The first kappa shape index (κ1) is 9.01. The molecule has 0 aromatic heterocycles. The van der Waals surface area contributed by atoms with Crippen molar-refractivity contribution in [2.24, 2.45) is 0 Å². The SMILES string of the molecule is CCC1CCCN1CCC[O]. The highest BCUT2D eigenvalue weighted by molar-refractivity contribution is 4.77. The maximum absolute atomic E-state index is 10.3. The molecule has 0 aromatic carbocycles. The summed E-state index contributed by atoms with van der Waals surface area (Å²) in [5.41, 5.74) is 0. The van der Waals surface area contributed by atoms with E-state index in [4.69, 9.17) is 0 Å². The maximum Gasteiger partial charge on any atom is 0.0834 e. The van der Waals surface area contributed by atoms with Gasteiger partial charge in [0.05, 0.1) is 6.61 Å². The van der Waals surface area contributed by atoms with Crippen molar-refractivity contribution in [3.8, 4) is 0 Å². The predicted octanol–water partition coefficient (Wildman–Crippen LogP) is 1.68. The van der Waals surface area contributed by atoms with E-state index in [-0.39, 0.29) is 6.61 Å². The minimum Gasteiger partial charge on any atom is -0.300 e. The molecule has 1 rings (SSSR count). The Hall–Kier alpha value is -0.0800. The van der Waals surface area contributed by atoms with Gasteiger partial charge in [0.15, 0.2) is 0 Å². The lowest BCUT2D eigenvalue weighted by Crippen LogP contribution is -2.30. The van der Waals surface area contributed by atoms with Gasteiger partial charge in [0.25, 0.3) is 0 Å². The molecule has 1 aliphatic heterocycles. The number of likely N-dealkylation sites (tertiary alicyclic amines) is 1. The summed E-state index contributed by atoms with van der Waals surface area (Å²) in [5.74, 6) is 0. The van der Waals surface area contributed by atoms with E-state index in [2.05, 4.69) is 11.8 Å². The van der Waals surface area contributed by atoms with Crippen molar-refractivity contribution in [1.82, 2.24) is 4.90 Å². The summed E-state index contributed by atoms with van der Waals surface area (Å²) in [5, 5.41) is 10.3. The van der Waals surface area contributed by atoms with E-state index in [0.29, 0.717) is 0 Å². The normalized spacial score (nSPS) is 26.2. The third-order valence-electron chi connectivity index (χ3n) is 2.56. The maximum atomic E-state index is 10.3. The molecule has 1 heterocycles. The van der Waals surface area contributed by atoms with Crippen LogP contribution in [0, 0.1) is 0 Å². The van der Waals surface area contributed by atoms with Crippen molar-refractivity contribution >= 4 is 0 Å². The number of hydrogen-bond donors (Lipinski definition) is 0. The Kier molecular flexibility index (Phi) is 3.87. The van der Waals surface area contributed by atoms with Crippen molar-refractivity contribution in [2.75, 3.05) is 19.7 Å². The fraction of sp³-hybridized carbons (Fsp3) is 1.00. The molecule has 1 unspecified atom stereocenters. The molecule has 0 aromatic rings. The van der Waals surface area contributed by atoms with Crippen molar-refractivity contribution in [2.45, 2.75) is 38.6 Å². The Balaban J connectivity index is 2.20. The largest absolute Gasteiger partial charge is 0.300 e. The van der Waals surface area contributed by atoms with Gasteiger partial charge in [-0.15, -0.1) is 0 Å². The van der Waals surface area contributed by atoms with Gasteiger partial charge in [0.2, 0.25) is 0 Å². The molecule has 1 saturated heterocycles. The highest BCUT2D eigenvalue weighted by Gasteiger charge is 2.21. The van der Waals surface area contributed by atoms with Crippen molar-refractivity contribution in [1.29, 1.82) is 0 Å². The highest BCUT2D eigenvalue weighted by atomic mass is 16.3. The highest BCUT2D eigenvalue weighted by Crippen LogP contribution is 2.19. The summed E-state index contributed by atoms with van der Waals surface area (Å²) in [6.07, 6.45) is 4.75. The van der Waals surface area contributed by atoms with Crippen LogP contribution in [0.1, 0.15) is 32.6 Å². The number of rotatable bonds is 4. The Morgan fingerprint density at radius 2 is 2.36 bits per heavy atom. The zero-order valence-corrected chi connectivity index (χ0v) is 7.38. The van der Waals surface area contributed by atoms with Crippen LogP contribution in [0.4, 0.5) is 0 Å². The molecule has 0 bridgehead atoms. The Morgan fingerprint density at radius 3 is 3.00 bits per heavy atom. The van der Waals surface area contributed by atoms with Gasteiger partial charge in [-0.3, -0.25) is 0 Å². The van der Waals surface area contributed by atoms with E-state index >= 15 is 0 Å². The molecule has 0 aliphatic carbocycles. The molecule has 1 aliphatic rings. The van der Waals surface area contributed by atoms with Gasteiger partial charge in [0, 0.05) is 12.6 Å². The second-order valence-electron chi connectivity index (χ2n) is 3.30. The summed E-state index contributed by atoms with van der Waals surface area (Å²) >= 11 is 0. The first-order chi connectivity index (χ1) is 5.38. The smallest absolute Gasteiger partial charge is 0.0834 e. The van der Waals surface area contributed by atoms with Crippen molar-refractivity contribution in [3.05, 3.63) is 0 Å². The van der Waals surface area contributed by atoms with Crippen LogP contribution in [-0.4, -0.2) is 30.6 Å². The lowest BCUT2D eigenvalue weighted by molar-refractivity contribution is 0.160. The minimum absolute atomic E-state index is 0.0902. The molecule has 65 valence electrons. The minimum atomic E-state index is 0.0902. The van der Waals surface area contributed by atoms with Crippen LogP contribution < -0.4 is 0 Å². The van der Waals surface area contributed by atoms with Gasteiger partial charge >= 0.3 is 0 Å². The molecule has 0 saturated carbocycles. The fourth-order valence-corrected chi connectivity index (χ4v) is 1.92. The average Bonchev–Trinajstić information content (AvgIpc) is 2.47. The number of hydrogen-bond acceptors (Lipinski definition) is 1. The molecule has 0 amide bonds. The van der Waals surface area contributed by atoms with Gasteiger partial charge in [-0.05, 0) is 32.2 Å². The molecule has 1 fully saturated rings. The van der Waals surface area contributed by atoms with E-state index in [0.717, 1.165) is 19.0 Å². The third-order valence-corrected chi connectivity index (χ3v) is 2.56. The van der Waals surface area contributed by atoms with E-state index in [1.54, 1.807) is 0 Å². The third kappa shape index (κ3) is 2.46. The summed E-state index contributed by atoms with van der Waals surface area (Å²) in [7, 11) is 0. The number of nitrogens with zero attached hydrogens (tertiary/aromatic N) is 1. The lowest BCUT2D eigenvalue weighted by atomic mass is 10.2. The van der Waals surface area contributed by atoms with Crippen molar-refractivity contribution in [3.63, 3.8) is 0 Å². The van der Waals surface area contributed by atoms with Gasteiger partial charge in [-0.1, -0.05) is 6.92 Å². The lowest BCUT2D eigenvalue weighted by Gasteiger charge is -2.22. The summed E-state index contributed by atoms with van der Waals surface area (Å²) in [6.45, 7) is 4.58. The first-order valence-electron chi connectivity index (χ1n) is 4.70. The van der Waals surface area contributed by atoms with E-state index in [9.17, 15) is 5.11 Å². The summed E-state index contributed by atoms with van der Waals surface area (Å²) in [6, 6.07) is 0.779. The first-order valence-corrected chi connectivity index (χ1v) is 4.70. The van der Waals surface area contributed by atoms with Gasteiger partial charge in [0.1, 0.15) is 0 Å². The van der Waals surface area contributed by atoms with Crippen LogP contribution in [0.2, 0.25) is 0 Å². The van der Waals surface area contributed by atoms with Gasteiger partial charge in [-0.25, -0.2) is 5.11 Å². The summed E-state index contributed by atoms with van der Waals surface area (Å²) < 4.78 is 0. The van der Waals surface area contributed by atoms with Crippen LogP contribution in [0.25, 0.3) is 0 Å². The average molecular weight is 156 g/mol. The van der Waals surface area contributed by atoms with E-state index in [1.165, 1.54) is 25.8 Å². The molecule has 2 nitrogen and oxygen atoms in total. The topological polar surface area (TPSA) is 23.1 Å². The molecule has 1 radical (unpaired) electrons. The molecule has 11 heavy (non-hydrogen) atoms. The fourth-order valence-electron chi connectivity index (χ4n) is 1.92. The van der Waals surface area contributed by atoms with Crippen molar-refractivity contribution < 1.29 is 5.11 Å². The van der Waals surface area contributed by atoms with Gasteiger partial charge in [-0.2, -0.15) is 0 Å². The Bertz CT molecular complexity index is 106. The van der Waals surface area contributed by atoms with Gasteiger partial charge < -0.3 is 4.90 Å². The second kappa shape index (κ2) is 4.73. The molecule has 0 N–H and O–H groups in total. The standard InChI is InChI=1S/C9H18NO/c1-2-9-5-3-6-10(9)7-4-8-11/h9H,2-8H2,1H3. The Morgan fingerprint density at radius 1 is 1.55 bits per heavy atom. The quantitative estimate of drug-likeness (QED) is 0.607. The molecular weight excluding hydrogens is 138 g/mol. The molecular formula is C9H18NO. The zero-order chi connectivity index (χ0) is 8.10. The van der Waals surface area contributed by atoms with Crippen LogP contribution in [0.5, 0.6) is 0 Å².